The van der Waals surface area contributed by atoms with E-state index in [1.165, 1.54) is 12.8 Å². The average Bonchev–Trinajstić information content (AvgIpc) is 2.05. The largest absolute Gasteiger partial charge is 0.391 e. The maximum absolute atomic E-state index is 9.27. The molecule has 2 heteroatoms. The molecule has 3 atom stereocenters. The Morgan fingerprint density at radius 1 is 1.55 bits per heavy atom. The molecule has 1 heterocycles. The van der Waals surface area contributed by atoms with Crippen molar-refractivity contribution < 1.29 is 9.84 Å². The molecule has 2 nitrogen and oxygen atoms in total. The molecule has 66 valence electrons. The van der Waals surface area contributed by atoms with Crippen LogP contribution in [-0.4, -0.2) is 23.4 Å². The minimum atomic E-state index is -0.302. The molecular formula is C9H18O2. The van der Waals surface area contributed by atoms with Gasteiger partial charge in [0.25, 0.3) is 0 Å². The molecule has 11 heavy (non-hydrogen) atoms. The van der Waals surface area contributed by atoms with Gasteiger partial charge in [0, 0.05) is 0 Å². The Kier molecular flexibility index (Phi) is 3.34. The summed E-state index contributed by atoms with van der Waals surface area (Å²) in [6.07, 6.45) is 4.65. The Morgan fingerprint density at radius 2 is 2.27 bits per heavy atom. The monoisotopic (exact) mass is 158 g/mol. The standard InChI is InChI=1S/C9H18O2/c1-3-8-5-4-6-9(11-8)7(2)10/h7-10H,3-6H2,1-2H3. The van der Waals surface area contributed by atoms with Gasteiger partial charge in [0.05, 0.1) is 18.3 Å². The molecule has 0 aliphatic carbocycles. The fourth-order valence-corrected chi connectivity index (χ4v) is 1.59. The van der Waals surface area contributed by atoms with E-state index < -0.39 is 0 Å². The first-order valence-electron chi connectivity index (χ1n) is 4.57. The van der Waals surface area contributed by atoms with Crippen LogP contribution in [0.25, 0.3) is 0 Å². The van der Waals surface area contributed by atoms with Gasteiger partial charge in [-0.05, 0) is 32.6 Å². The van der Waals surface area contributed by atoms with E-state index in [9.17, 15) is 5.11 Å². The number of hydrogen-bond acceptors (Lipinski definition) is 2. The topological polar surface area (TPSA) is 29.5 Å². The van der Waals surface area contributed by atoms with Crippen molar-refractivity contribution in [3.05, 3.63) is 0 Å². The van der Waals surface area contributed by atoms with Crippen LogP contribution >= 0.6 is 0 Å². The van der Waals surface area contributed by atoms with Crippen molar-refractivity contribution in [3.8, 4) is 0 Å². The lowest BCUT2D eigenvalue weighted by Crippen LogP contribution is -2.34. The molecule has 1 aliphatic heterocycles. The molecule has 0 radical (unpaired) electrons. The first kappa shape index (κ1) is 9.01. The van der Waals surface area contributed by atoms with Crippen molar-refractivity contribution in [1.29, 1.82) is 0 Å². The van der Waals surface area contributed by atoms with E-state index in [0.29, 0.717) is 6.10 Å². The van der Waals surface area contributed by atoms with Crippen LogP contribution in [0.2, 0.25) is 0 Å². The van der Waals surface area contributed by atoms with Crippen molar-refractivity contribution in [3.63, 3.8) is 0 Å². The molecule has 1 rings (SSSR count). The summed E-state index contributed by atoms with van der Waals surface area (Å²) in [5.41, 5.74) is 0. The highest BCUT2D eigenvalue weighted by atomic mass is 16.5. The van der Waals surface area contributed by atoms with E-state index in [0.717, 1.165) is 12.8 Å². The van der Waals surface area contributed by atoms with Crippen LogP contribution in [0, 0.1) is 0 Å². The van der Waals surface area contributed by atoms with Crippen LogP contribution in [0.1, 0.15) is 39.5 Å². The summed E-state index contributed by atoms with van der Waals surface area (Å²) in [7, 11) is 0. The van der Waals surface area contributed by atoms with E-state index in [2.05, 4.69) is 6.92 Å². The molecule has 1 N–H and O–H groups in total. The van der Waals surface area contributed by atoms with E-state index in [4.69, 9.17) is 4.74 Å². The zero-order valence-electron chi connectivity index (χ0n) is 7.42. The minimum Gasteiger partial charge on any atom is -0.391 e. The van der Waals surface area contributed by atoms with Gasteiger partial charge in [0.1, 0.15) is 0 Å². The maximum atomic E-state index is 9.27. The van der Waals surface area contributed by atoms with Gasteiger partial charge in [-0.3, -0.25) is 0 Å². The third kappa shape index (κ3) is 2.46. The van der Waals surface area contributed by atoms with Crippen LogP contribution in [-0.2, 0) is 4.74 Å². The third-order valence-electron chi connectivity index (χ3n) is 2.38. The summed E-state index contributed by atoms with van der Waals surface area (Å²) < 4.78 is 5.65. The SMILES string of the molecule is CCC1CCCC(C(C)O)O1. The number of ether oxygens (including phenoxy) is 1. The Balaban J connectivity index is 2.33. The summed E-state index contributed by atoms with van der Waals surface area (Å²) in [6, 6.07) is 0. The van der Waals surface area contributed by atoms with Gasteiger partial charge >= 0.3 is 0 Å². The summed E-state index contributed by atoms with van der Waals surface area (Å²) in [6.45, 7) is 3.94. The van der Waals surface area contributed by atoms with E-state index in [1.54, 1.807) is 0 Å². The first-order valence-corrected chi connectivity index (χ1v) is 4.57. The second-order valence-corrected chi connectivity index (χ2v) is 3.38. The molecule has 1 fully saturated rings. The second kappa shape index (κ2) is 4.07. The van der Waals surface area contributed by atoms with Crippen LogP contribution < -0.4 is 0 Å². The molecule has 0 spiro atoms. The van der Waals surface area contributed by atoms with Gasteiger partial charge in [-0.1, -0.05) is 6.92 Å². The van der Waals surface area contributed by atoms with Gasteiger partial charge in [0.15, 0.2) is 0 Å². The van der Waals surface area contributed by atoms with Crippen LogP contribution in [0.15, 0.2) is 0 Å². The molecule has 0 saturated carbocycles. The molecule has 0 amide bonds. The lowest BCUT2D eigenvalue weighted by atomic mass is 10.00. The maximum Gasteiger partial charge on any atom is 0.0834 e. The highest BCUT2D eigenvalue weighted by Gasteiger charge is 2.24. The molecule has 1 saturated heterocycles. The van der Waals surface area contributed by atoms with Crippen LogP contribution in [0.3, 0.4) is 0 Å². The van der Waals surface area contributed by atoms with Gasteiger partial charge in [-0.15, -0.1) is 0 Å². The Hall–Kier alpha value is -0.0800. The van der Waals surface area contributed by atoms with Crippen LogP contribution in [0.5, 0.6) is 0 Å². The molecule has 0 aromatic heterocycles. The zero-order chi connectivity index (χ0) is 8.27. The molecule has 0 bridgehead atoms. The normalized spacial score (nSPS) is 35.2. The lowest BCUT2D eigenvalue weighted by molar-refractivity contribution is -0.100. The Labute approximate surface area is 68.6 Å². The van der Waals surface area contributed by atoms with Crippen molar-refractivity contribution in [2.24, 2.45) is 0 Å². The predicted octanol–water partition coefficient (Wildman–Crippen LogP) is 1.71. The van der Waals surface area contributed by atoms with E-state index in [-0.39, 0.29) is 12.2 Å². The fraction of sp³-hybridized carbons (Fsp3) is 1.00. The summed E-state index contributed by atoms with van der Waals surface area (Å²) in [5.74, 6) is 0. The lowest BCUT2D eigenvalue weighted by Gasteiger charge is -2.31. The Morgan fingerprint density at radius 3 is 2.82 bits per heavy atom. The van der Waals surface area contributed by atoms with Crippen LogP contribution in [0.4, 0.5) is 0 Å². The highest BCUT2D eigenvalue weighted by molar-refractivity contribution is 4.73. The minimum absolute atomic E-state index is 0.0914. The Bertz CT molecular complexity index is 112. The fourth-order valence-electron chi connectivity index (χ4n) is 1.59. The van der Waals surface area contributed by atoms with Gasteiger partial charge < -0.3 is 9.84 Å². The predicted molar refractivity (Wildman–Crippen MR) is 44.5 cm³/mol. The van der Waals surface area contributed by atoms with Crippen molar-refractivity contribution in [2.45, 2.75) is 57.8 Å². The zero-order valence-corrected chi connectivity index (χ0v) is 7.42. The van der Waals surface area contributed by atoms with Crippen molar-refractivity contribution >= 4 is 0 Å². The van der Waals surface area contributed by atoms with Gasteiger partial charge in [0.2, 0.25) is 0 Å². The summed E-state index contributed by atoms with van der Waals surface area (Å²) in [5, 5.41) is 9.27. The van der Waals surface area contributed by atoms with Crippen molar-refractivity contribution in [2.75, 3.05) is 0 Å². The van der Waals surface area contributed by atoms with Crippen molar-refractivity contribution in [1.82, 2.24) is 0 Å². The average molecular weight is 158 g/mol. The summed E-state index contributed by atoms with van der Waals surface area (Å²) >= 11 is 0. The number of aliphatic hydroxyl groups excluding tert-OH is 1. The number of hydrogen-bond donors (Lipinski definition) is 1. The molecule has 3 unspecified atom stereocenters. The van der Waals surface area contributed by atoms with Gasteiger partial charge in [-0.25, -0.2) is 0 Å². The quantitative estimate of drug-likeness (QED) is 0.663. The van der Waals surface area contributed by atoms with E-state index >= 15 is 0 Å². The summed E-state index contributed by atoms with van der Waals surface area (Å²) in [4.78, 5) is 0. The second-order valence-electron chi connectivity index (χ2n) is 3.38. The van der Waals surface area contributed by atoms with E-state index in [1.807, 2.05) is 6.92 Å². The highest BCUT2D eigenvalue weighted by Crippen LogP contribution is 2.22. The number of aliphatic hydroxyl groups is 1. The first-order chi connectivity index (χ1) is 5.24. The molecule has 0 aromatic carbocycles. The smallest absolute Gasteiger partial charge is 0.0834 e. The molecule has 1 aliphatic rings. The molecular weight excluding hydrogens is 140 g/mol. The third-order valence-corrected chi connectivity index (χ3v) is 2.38. The molecule has 0 aromatic rings. The number of rotatable bonds is 2. The van der Waals surface area contributed by atoms with Gasteiger partial charge in [-0.2, -0.15) is 0 Å².